The van der Waals surface area contributed by atoms with Crippen molar-refractivity contribution >= 4 is 17.6 Å². The van der Waals surface area contributed by atoms with E-state index in [9.17, 15) is 9.30 Å². The van der Waals surface area contributed by atoms with E-state index in [2.05, 4.69) is 27.1 Å². The molecular weight excluding hydrogens is 349 g/mol. The molecule has 1 aromatic carbocycles. The van der Waals surface area contributed by atoms with E-state index < -0.39 is 6.10 Å². The molecule has 0 aliphatic heterocycles. The standard InChI is InChI=1S/C12H16FN3O2.C3H8N2.2C2H6/c1-8(2)11-4-3-9(5-12(11)13)15-7-10(6-14)18-16-17;1-2-5-3-4;2*1-2/h3-5,10,15H,1,6-7,14H2,2H3;3H,2H2,1H3,(H2,4,5);2*1-2H3. The maximum atomic E-state index is 13.6. The van der Waals surface area contributed by atoms with Gasteiger partial charge in [0.1, 0.15) is 5.82 Å². The first-order valence-electron chi connectivity index (χ1n) is 9.07. The Balaban J connectivity index is -0.000000543. The molecule has 0 heterocycles. The first-order valence-corrected chi connectivity index (χ1v) is 9.07. The number of nitrogens with one attached hydrogen (secondary N) is 1. The Hall–Kier alpha value is -2.48. The number of anilines is 1. The molecule has 0 saturated carbocycles. The number of nitrogens with zero attached hydrogens (tertiary/aromatic N) is 2. The number of aliphatic imine (C=N–C) groups is 1. The summed E-state index contributed by atoms with van der Waals surface area (Å²) in [4.78, 5) is 18.0. The summed E-state index contributed by atoms with van der Waals surface area (Å²) in [5.41, 5.74) is 11.9. The average Bonchev–Trinajstić information content (AvgIpc) is 2.69. The number of hydrogen-bond donors (Lipinski definition) is 3. The summed E-state index contributed by atoms with van der Waals surface area (Å²) in [7, 11) is 0. The Kier molecular flexibility index (Phi) is 23.4. The van der Waals surface area contributed by atoms with Crippen molar-refractivity contribution in [2.24, 2.45) is 21.8 Å². The van der Waals surface area contributed by atoms with Gasteiger partial charge in [0.25, 0.3) is 0 Å². The van der Waals surface area contributed by atoms with Crippen molar-refractivity contribution in [1.29, 1.82) is 0 Å². The van der Waals surface area contributed by atoms with Gasteiger partial charge in [-0.25, -0.2) is 4.39 Å². The Morgan fingerprint density at radius 1 is 1.37 bits per heavy atom. The number of halogens is 1. The van der Waals surface area contributed by atoms with Crippen molar-refractivity contribution in [1.82, 2.24) is 0 Å². The van der Waals surface area contributed by atoms with Gasteiger partial charge in [-0.2, -0.15) is 0 Å². The zero-order chi connectivity index (χ0) is 21.7. The number of hydrogen-bond acceptors (Lipinski definition) is 6. The minimum atomic E-state index is -0.536. The molecule has 1 atom stereocenters. The minimum absolute atomic E-state index is 0.144. The third-order valence-corrected chi connectivity index (χ3v) is 2.71. The van der Waals surface area contributed by atoms with E-state index in [0.29, 0.717) is 16.8 Å². The summed E-state index contributed by atoms with van der Waals surface area (Å²) >= 11 is 0. The quantitative estimate of drug-likeness (QED) is 0.266. The Bertz CT molecular complexity index is 525. The summed E-state index contributed by atoms with van der Waals surface area (Å²) in [6.45, 7) is 16.6. The van der Waals surface area contributed by atoms with Crippen molar-refractivity contribution in [3.63, 3.8) is 0 Å². The van der Waals surface area contributed by atoms with Crippen LogP contribution in [0.25, 0.3) is 5.57 Å². The highest BCUT2D eigenvalue weighted by atomic mass is 19.1. The van der Waals surface area contributed by atoms with Gasteiger partial charge in [0.05, 0.1) is 12.9 Å². The third kappa shape index (κ3) is 15.5. The third-order valence-electron chi connectivity index (χ3n) is 2.71. The van der Waals surface area contributed by atoms with Crippen molar-refractivity contribution < 1.29 is 9.23 Å². The van der Waals surface area contributed by atoms with Crippen LogP contribution >= 0.6 is 0 Å². The van der Waals surface area contributed by atoms with E-state index >= 15 is 0 Å². The monoisotopic (exact) mass is 385 g/mol. The minimum Gasteiger partial charge on any atom is -0.390 e. The van der Waals surface area contributed by atoms with Gasteiger partial charge in [-0.3, -0.25) is 4.99 Å². The van der Waals surface area contributed by atoms with Gasteiger partial charge >= 0.3 is 0 Å². The lowest BCUT2D eigenvalue weighted by atomic mass is 10.1. The fourth-order valence-corrected chi connectivity index (χ4v) is 1.53. The van der Waals surface area contributed by atoms with Crippen molar-refractivity contribution in [3.8, 4) is 0 Å². The fraction of sp³-hybridized carbons (Fsp3) is 0.526. The van der Waals surface area contributed by atoms with Crippen LogP contribution in [-0.2, 0) is 4.84 Å². The highest BCUT2D eigenvalue weighted by Crippen LogP contribution is 2.20. The predicted molar refractivity (Wildman–Crippen MR) is 115 cm³/mol. The first-order chi connectivity index (χ1) is 13.0. The lowest BCUT2D eigenvalue weighted by molar-refractivity contribution is 0.0704. The van der Waals surface area contributed by atoms with Gasteiger partial charge in [-0.15, -0.1) is 4.91 Å². The number of allylic oxidation sites excluding steroid dienone is 1. The van der Waals surface area contributed by atoms with Gasteiger partial charge in [0.2, 0.25) is 0 Å². The molecule has 0 aliphatic carbocycles. The summed E-state index contributed by atoms with van der Waals surface area (Å²) < 4.78 is 13.6. The Morgan fingerprint density at radius 3 is 2.30 bits per heavy atom. The smallest absolute Gasteiger partial charge is 0.160 e. The Morgan fingerprint density at radius 2 is 1.96 bits per heavy atom. The van der Waals surface area contributed by atoms with E-state index in [1.54, 1.807) is 19.1 Å². The average molecular weight is 386 g/mol. The Labute approximate surface area is 163 Å². The van der Waals surface area contributed by atoms with Crippen molar-refractivity contribution in [3.05, 3.63) is 41.1 Å². The van der Waals surface area contributed by atoms with E-state index in [0.717, 1.165) is 6.54 Å². The van der Waals surface area contributed by atoms with Crippen LogP contribution in [0.1, 0.15) is 47.1 Å². The first kappa shape index (κ1) is 29.3. The van der Waals surface area contributed by atoms with Crippen LogP contribution < -0.4 is 16.8 Å². The van der Waals surface area contributed by atoms with Gasteiger partial charge in [0.15, 0.2) is 11.4 Å². The summed E-state index contributed by atoms with van der Waals surface area (Å²) in [6.07, 6.45) is 0.770. The second-order valence-electron chi connectivity index (χ2n) is 4.54. The van der Waals surface area contributed by atoms with Crippen LogP contribution in [0.5, 0.6) is 0 Å². The second kappa shape index (κ2) is 21.6. The fourth-order valence-electron chi connectivity index (χ4n) is 1.53. The summed E-state index contributed by atoms with van der Waals surface area (Å²) in [5.74, 6) is -0.355. The van der Waals surface area contributed by atoms with Gasteiger partial charge in [-0.1, -0.05) is 34.3 Å². The summed E-state index contributed by atoms with van der Waals surface area (Å²) in [5, 5.41) is 5.23. The molecule has 0 fully saturated rings. The largest absolute Gasteiger partial charge is 0.390 e. The topological polar surface area (TPSA) is 115 Å². The van der Waals surface area contributed by atoms with Gasteiger partial charge < -0.3 is 21.6 Å². The molecule has 0 saturated heterocycles. The molecule has 1 unspecified atom stereocenters. The number of nitrogens with two attached hydrogens (primary N) is 2. The highest BCUT2D eigenvalue weighted by molar-refractivity contribution is 5.64. The lowest BCUT2D eigenvalue weighted by Gasteiger charge is -2.13. The number of benzene rings is 1. The molecule has 0 bridgehead atoms. The van der Waals surface area contributed by atoms with Crippen molar-refractivity contribution in [2.75, 3.05) is 25.0 Å². The van der Waals surface area contributed by atoms with Gasteiger partial charge in [0, 0.05) is 24.3 Å². The molecule has 0 aliphatic rings. The molecule has 1 rings (SSSR count). The molecule has 27 heavy (non-hydrogen) atoms. The van der Waals surface area contributed by atoms with E-state index in [1.165, 1.54) is 12.4 Å². The molecule has 5 N–H and O–H groups in total. The van der Waals surface area contributed by atoms with Crippen LogP contribution in [0.15, 0.2) is 35.1 Å². The molecule has 0 spiro atoms. The van der Waals surface area contributed by atoms with E-state index in [1.807, 2.05) is 34.6 Å². The zero-order valence-electron chi connectivity index (χ0n) is 17.5. The second-order valence-corrected chi connectivity index (χ2v) is 4.54. The molecule has 156 valence electrons. The summed E-state index contributed by atoms with van der Waals surface area (Å²) in [6, 6.07) is 4.71. The molecular formula is C19H36FN5O2. The van der Waals surface area contributed by atoms with E-state index in [-0.39, 0.29) is 18.9 Å². The van der Waals surface area contributed by atoms with Crippen LogP contribution in [0, 0.1) is 10.7 Å². The lowest BCUT2D eigenvalue weighted by Crippen LogP contribution is -2.29. The molecule has 0 amide bonds. The SMILES string of the molecule is C=C(C)c1ccc(NCC(CN)ON=O)cc1F.CC.CC.CCN=CN. The van der Waals surface area contributed by atoms with Gasteiger partial charge in [-0.05, 0) is 37.6 Å². The van der Waals surface area contributed by atoms with Crippen molar-refractivity contribution in [2.45, 2.75) is 47.6 Å². The maximum absolute atomic E-state index is 13.6. The molecule has 1 aromatic rings. The van der Waals surface area contributed by atoms with Crippen LogP contribution in [0.4, 0.5) is 10.1 Å². The molecule has 0 aromatic heterocycles. The normalized spacial score (nSPS) is 10.1. The molecule has 0 radical (unpaired) electrons. The van der Waals surface area contributed by atoms with Crippen LogP contribution in [0.2, 0.25) is 0 Å². The van der Waals surface area contributed by atoms with Crippen LogP contribution in [0.3, 0.4) is 0 Å². The van der Waals surface area contributed by atoms with E-state index in [4.69, 9.17) is 11.5 Å². The zero-order valence-corrected chi connectivity index (χ0v) is 17.5. The number of rotatable bonds is 8. The molecule has 7 nitrogen and oxygen atoms in total. The highest BCUT2D eigenvalue weighted by Gasteiger charge is 2.09. The maximum Gasteiger partial charge on any atom is 0.160 e. The molecule has 8 heteroatoms. The van der Waals surface area contributed by atoms with Crippen LogP contribution in [-0.4, -0.2) is 32.1 Å². The predicted octanol–water partition coefficient (Wildman–Crippen LogP) is 4.34.